The molecule has 3 N–H and O–H groups in total. The van der Waals surface area contributed by atoms with Crippen LogP contribution in [0.3, 0.4) is 0 Å². The first kappa shape index (κ1) is 16.5. The monoisotopic (exact) mass is 347 g/mol. The quantitative estimate of drug-likeness (QED) is 0.838. The van der Waals surface area contributed by atoms with Gasteiger partial charge in [0.25, 0.3) is 5.91 Å². The van der Waals surface area contributed by atoms with Crippen molar-refractivity contribution in [3.05, 3.63) is 71.3 Å². The summed E-state index contributed by atoms with van der Waals surface area (Å²) in [6, 6.07) is 17.0. The smallest absolute Gasteiger partial charge is 0.256 e. The fourth-order valence-electron chi connectivity index (χ4n) is 3.96. The molecule has 0 bridgehead atoms. The van der Waals surface area contributed by atoms with E-state index in [1.807, 2.05) is 54.6 Å². The Morgan fingerprint density at radius 3 is 2.35 bits per heavy atom. The Hall–Kier alpha value is -2.92. The van der Waals surface area contributed by atoms with Gasteiger partial charge in [-0.3, -0.25) is 14.5 Å². The Balaban J connectivity index is 1.58. The van der Waals surface area contributed by atoms with E-state index in [-0.39, 0.29) is 11.8 Å². The molecule has 0 spiro atoms. The molecule has 132 valence electrons. The number of likely N-dealkylation sites (tertiary alicyclic amines) is 1. The van der Waals surface area contributed by atoms with Gasteiger partial charge in [-0.05, 0) is 24.5 Å². The van der Waals surface area contributed by atoms with Gasteiger partial charge >= 0.3 is 0 Å². The van der Waals surface area contributed by atoms with Gasteiger partial charge in [-0.25, -0.2) is 0 Å². The van der Waals surface area contributed by atoms with Crippen LogP contribution in [0.4, 0.5) is 5.69 Å². The fraction of sp³-hybridized carbons (Fsp3) is 0.238. The van der Waals surface area contributed by atoms with Gasteiger partial charge in [0.05, 0.1) is 0 Å². The molecule has 4 rings (SSSR count). The Morgan fingerprint density at radius 2 is 1.65 bits per heavy atom. The molecule has 2 aliphatic heterocycles. The zero-order valence-corrected chi connectivity index (χ0v) is 14.4. The van der Waals surface area contributed by atoms with Crippen LogP contribution in [0.2, 0.25) is 0 Å². The lowest BCUT2D eigenvalue weighted by molar-refractivity contribution is -0.123. The fourth-order valence-corrected chi connectivity index (χ4v) is 3.96. The average molecular weight is 347 g/mol. The number of nitrogens with two attached hydrogens (primary N) is 1. The summed E-state index contributed by atoms with van der Waals surface area (Å²) in [5.74, 6) is -0.361. The number of nitrogens with zero attached hydrogens (tertiary/aromatic N) is 1. The number of piperidine rings is 1. The standard InChI is InChI=1S/C21H21N3O2/c22-20(25)19(15-6-2-1-3-7-15)24-12-10-14(11-13-24)18-16-8-4-5-9-17(16)23-21(18)26/h1-9,19H,10-13H2,(H2,22,25)(H,23,26). The minimum atomic E-state index is -0.424. The maximum Gasteiger partial charge on any atom is 0.256 e. The van der Waals surface area contributed by atoms with E-state index in [0.29, 0.717) is 13.1 Å². The molecule has 26 heavy (non-hydrogen) atoms. The molecule has 1 fully saturated rings. The third-order valence-corrected chi connectivity index (χ3v) is 5.18. The highest BCUT2D eigenvalue weighted by molar-refractivity contribution is 6.32. The van der Waals surface area contributed by atoms with Crippen molar-refractivity contribution in [2.45, 2.75) is 18.9 Å². The molecule has 5 heteroatoms. The van der Waals surface area contributed by atoms with Crippen LogP contribution in [0.15, 0.2) is 60.2 Å². The second-order valence-corrected chi connectivity index (χ2v) is 6.73. The Bertz CT molecular complexity index is 879. The molecule has 0 radical (unpaired) electrons. The minimum Gasteiger partial charge on any atom is -0.368 e. The van der Waals surface area contributed by atoms with E-state index in [0.717, 1.165) is 40.8 Å². The largest absolute Gasteiger partial charge is 0.368 e. The van der Waals surface area contributed by atoms with Crippen molar-refractivity contribution in [1.29, 1.82) is 0 Å². The lowest BCUT2D eigenvalue weighted by Gasteiger charge is -2.34. The SMILES string of the molecule is NC(=O)C(c1ccccc1)N1CCC(=C2C(=O)Nc3ccccc32)CC1. The van der Waals surface area contributed by atoms with E-state index in [9.17, 15) is 9.59 Å². The van der Waals surface area contributed by atoms with E-state index < -0.39 is 6.04 Å². The summed E-state index contributed by atoms with van der Waals surface area (Å²) in [6.45, 7) is 1.41. The number of nitrogens with one attached hydrogen (secondary N) is 1. The summed E-state index contributed by atoms with van der Waals surface area (Å²) in [5, 5.41) is 2.94. The van der Waals surface area contributed by atoms with E-state index in [2.05, 4.69) is 10.2 Å². The number of amides is 2. The van der Waals surface area contributed by atoms with E-state index in [1.54, 1.807) is 0 Å². The van der Waals surface area contributed by atoms with Crippen molar-refractivity contribution < 1.29 is 9.59 Å². The summed E-state index contributed by atoms with van der Waals surface area (Å²) < 4.78 is 0. The van der Waals surface area contributed by atoms with Gasteiger partial charge in [0.15, 0.2) is 0 Å². The number of hydrogen-bond donors (Lipinski definition) is 2. The normalized spacial score (nSPS) is 18.4. The third-order valence-electron chi connectivity index (χ3n) is 5.18. The predicted molar refractivity (Wildman–Crippen MR) is 101 cm³/mol. The lowest BCUT2D eigenvalue weighted by Crippen LogP contribution is -2.41. The number of para-hydroxylation sites is 1. The first-order valence-corrected chi connectivity index (χ1v) is 8.86. The first-order chi connectivity index (χ1) is 12.6. The van der Waals surface area contributed by atoms with E-state index in [4.69, 9.17) is 5.73 Å². The molecule has 2 aromatic carbocycles. The molecule has 1 atom stereocenters. The molecule has 5 nitrogen and oxygen atoms in total. The summed E-state index contributed by atoms with van der Waals surface area (Å²) in [7, 11) is 0. The Kier molecular flexibility index (Phi) is 4.31. The van der Waals surface area contributed by atoms with Crippen LogP contribution in [0.25, 0.3) is 5.57 Å². The van der Waals surface area contributed by atoms with Gasteiger partial charge in [-0.1, -0.05) is 54.1 Å². The highest BCUT2D eigenvalue weighted by atomic mass is 16.2. The van der Waals surface area contributed by atoms with Gasteiger partial charge in [-0.2, -0.15) is 0 Å². The Morgan fingerprint density at radius 1 is 1.00 bits per heavy atom. The van der Waals surface area contributed by atoms with Crippen molar-refractivity contribution in [3.8, 4) is 0 Å². The van der Waals surface area contributed by atoms with Crippen LogP contribution in [0.1, 0.15) is 30.0 Å². The molecule has 1 saturated heterocycles. The second kappa shape index (κ2) is 6.77. The van der Waals surface area contributed by atoms with Gasteiger partial charge in [0.1, 0.15) is 6.04 Å². The average Bonchev–Trinajstić information content (AvgIpc) is 2.99. The maximum atomic E-state index is 12.4. The topological polar surface area (TPSA) is 75.4 Å². The summed E-state index contributed by atoms with van der Waals surface area (Å²) in [6.07, 6.45) is 1.52. The number of benzene rings is 2. The van der Waals surface area contributed by atoms with Crippen LogP contribution in [0, 0.1) is 0 Å². The number of anilines is 1. The van der Waals surface area contributed by atoms with Crippen LogP contribution < -0.4 is 11.1 Å². The van der Waals surface area contributed by atoms with Gasteiger partial charge in [0, 0.05) is 29.9 Å². The second-order valence-electron chi connectivity index (χ2n) is 6.73. The van der Waals surface area contributed by atoms with Crippen LogP contribution in [-0.4, -0.2) is 29.8 Å². The molecule has 2 amide bonds. The van der Waals surface area contributed by atoms with E-state index >= 15 is 0 Å². The third kappa shape index (κ3) is 2.91. The predicted octanol–water partition coefficient (Wildman–Crippen LogP) is 2.71. The molecule has 0 aliphatic carbocycles. The minimum absolute atomic E-state index is 0.0239. The molecular weight excluding hydrogens is 326 g/mol. The molecule has 2 heterocycles. The highest BCUT2D eigenvalue weighted by Crippen LogP contribution is 2.37. The van der Waals surface area contributed by atoms with Crippen molar-refractivity contribution in [3.63, 3.8) is 0 Å². The van der Waals surface area contributed by atoms with Crippen molar-refractivity contribution >= 4 is 23.1 Å². The Labute approximate surface area is 152 Å². The number of carbonyl (C=O) groups is 2. The molecule has 0 aromatic heterocycles. The van der Waals surface area contributed by atoms with Crippen LogP contribution >= 0.6 is 0 Å². The molecule has 1 unspecified atom stereocenters. The molecular formula is C21H21N3O2. The molecule has 0 saturated carbocycles. The van der Waals surface area contributed by atoms with Crippen molar-refractivity contribution in [2.24, 2.45) is 5.73 Å². The lowest BCUT2D eigenvalue weighted by atomic mass is 9.92. The number of rotatable bonds is 3. The van der Waals surface area contributed by atoms with Gasteiger partial charge in [0.2, 0.25) is 5.91 Å². The summed E-state index contributed by atoms with van der Waals surface area (Å²) in [4.78, 5) is 26.6. The van der Waals surface area contributed by atoms with E-state index in [1.165, 1.54) is 0 Å². The number of fused-ring (bicyclic) bond motifs is 1. The van der Waals surface area contributed by atoms with Gasteiger partial charge < -0.3 is 11.1 Å². The van der Waals surface area contributed by atoms with Gasteiger partial charge in [-0.15, -0.1) is 0 Å². The number of hydrogen-bond acceptors (Lipinski definition) is 3. The zero-order chi connectivity index (χ0) is 18.1. The van der Waals surface area contributed by atoms with Crippen LogP contribution in [0.5, 0.6) is 0 Å². The molecule has 2 aromatic rings. The van der Waals surface area contributed by atoms with Crippen molar-refractivity contribution in [1.82, 2.24) is 4.90 Å². The maximum absolute atomic E-state index is 12.4. The summed E-state index contributed by atoms with van der Waals surface area (Å²) in [5.41, 5.74) is 10.4. The zero-order valence-electron chi connectivity index (χ0n) is 14.4. The summed E-state index contributed by atoms with van der Waals surface area (Å²) >= 11 is 0. The highest BCUT2D eigenvalue weighted by Gasteiger charge is 2.32. The van der Waals surface area contributed by atoms with Crippen molar-refractivity contribution in [2.75, 3.05) is 18.4 Å². The molecule has 2 aliphatic rings. The number of primary amides is 1. The number of carbonyl (C=O) groups excluding carboxylic acids is 2. The first-order valence-electron chi connectivity index (χ1n) is 8.86. The van der Waals surface area contributed by atoms with Crippen LogP contribution in [-0.2, 0) is 9.59 Å².